The Morgan fingerprint density at radius 2 is 1.83 bits per heavy atom. The summed E-state index contributed by atoms with van der Waals surface area (Å²) in [6.45, 7) is 2.99. The molecular formula is C23H27N5O. The van der Waals surface area contributed by atoms with Crippen LogP contribution in [-0.2, 0) is 0 Å². The fraction of sp³-hybridized carbons (Fsp3) is 0.391. The smallest absolute Gasteiger partial charge is 0.270 e. The number of H-pyrrole nitrogens is 1. The number of benzene rings is 1. The number of pyridine rings is 1. The van der Waals surface area contributed by atoms with Gasteiger partial charge in [-0.25, -0.2) is 4.98 Å². The van der Waals surface area contributed by atoms with E-state index >= 15 is 0 Å². The Morgan fingerprint density at radius 1 is 1.03 bits per heavy atom. The van der Waals surface area contributed by atoms with Gasteiger partial charge in [0.25, 0.3) is 5.91 Å². The number of fused-ring (bicyclic) bond motifs is 1. The van der Waals surface area contributed by atoms with Crippen molar-refractivity contribution >= 4 is 28.3 Å². The number of carbonyl (C=O) groups excluding carboxylic acids is 1. The van der Waals surface area contributed by atoms with Crippen molar-refractivity contribution < 1.29 is 4.79 Å². The molecule has 5 rings (SSSR count). The van der Waals surface area contributed by atoms with Crippen molar-refractivity contribution in [2.75, 3.05) is 36.4 Å². The van der Waals surface area contributed by atoms with Crippen LogP contribution >= 0.6 is 0 Å². The minimum Gasteiger partial charge on any atom is -0.379 e. The standard InChI is InChI=1S/C23H27N5O/c29-23(21-16-17-6-1-4-9-19(17)26-21)28-14-12-27(13-15-28)22-20(10-5-11-24-22)25-18-7-2-3-8-18/h1,4-6,9-11,16,18,25-26H,2-3,7-8,12-15H2. The van der Waals surface area contributed by atoms with Crippen LogP contribution in [0.3, 0.4) is 0 Å². The summed E-state index contributed by atoms with van der Waals surface area (Å²) in [6.07, 6.45) is 6.95. The summed E-state index contributed by atoms with van der Waals surface area (Å²) in [4.78, 5) is 25.1. The molecular weight excluding hydrogens is 362 g/mol. The van der Waals surface area contributed by atoms with E-state index in [-0.39, 0.29) is 5.91 Å². The van der Waals surface area contributed by atoms with Gasteiger partial charge in [-0.05, 0) is 37.1 Å². The van der Waals surface area contributed by atoms with Crippen molar-refractivity contribution in [1.29, 1.82) is 0 Å². The van der Waals surface area contributed by atoms with Crippen molar-refractivity contribution in [3.05, 3.63) is 54.4 Å². The quantitative estimate of drug-likeness (QED) is 0.711. The highest BCUT2D eigenvalue weighted by Gasteiger charge is 2.26. The Kier molecular flexibility index (Phi) is 4.84. The van der Waals surface area contributed by atoms with Gasteiger partial charge in [-0.2, -0.15) is 0 Å². The number of nitrogens with one attached hydrogen (secondary N) is 2. The Balaban J connectivity index is 1.26. The number of para-hydroxylation sites is 1. The van der Waals surface area contributed by atoms with Gasteiger partial charge in [0.15, 0.2) is 5.82 Å². The van der Waals surface area contributed by atoms with Gasteiger partial charge >= 0.3 is 0 Å². The molecule has 2 fully saturated rings. The number of aromatic amines is 1. The number of nitrogens with zero attached hydrogens (tertiary/aromatic N) is 3. The number of carbonyl (C=O) groups is 1. The van der Waals surface area contributed by atoms with E-state index in [4.69, 9.17) is 0 Å². The Bertz CT molecular complexity index is 966. The maximum Gasteiger partial charge on any atom is 0.270 e. The second kappa shape index (κ2) is 7.78. The van der Waals surface area contributed by atoms with E-state index in [1.807, 2.05) is 47.5 Å². The summed E-state index contributed by atoms with van der Waals surface area (Å²) in [5.74, 6) is 1.09. The second-order valence-corrected chi connectivity index (χ2v) is 8.05. The van der Waals surface area contributed by atoms with Gasteiger partial charge in [0, 0.05) is 49.3 Å². The van der Waals surface area contributed by atoms with Crippen LogP contribution in [0.5, 0.6) is 0 Å². The first-order chi connectivity index (χ1) is 14.3. The van der Waals surface area contributed by atoms with E-state index in [0.717, 1.165) is 35.5 Å². The van der Waals surface area contributed by atoms with Crippen LogP contribution in [0.15, 0.2) is 48.7 Å². The van der Waals surface area contributed by atoms with Crippen molar-refractivity contribution in [3.8, 4) is 0 Å². The lowest BCUT2D eigenvalue weighted by molar-refractivity contribution is 0.0741. The second-order valence-electron chi connectivity index (χ2n) is 8.05. The molecule has 150 valence electrons. The van der Waals surface area contributed by atoms with Crippen LogP contribution in [-0.4, -0.2) is 53.0 Å². The molecule has 1 aromatic carbocycles. The number of piperazine rings is 1. The summed E-state index contributed by atoms with van der Waals surface area (Å²) in [5, 5.41) is 4.77. The van der Waals surface area contributed by atoms with Gasteiger partial charge in [-0.1, -0.05) is 31.0 Å². The first-order valence-corrected chi connectivity index (χ1v) is 10.6. The van der Waals surface area contributed by atoms with E-state index in [2.05, 4.69) is 26.3 Å². The number of amides is 1. The molecule has 1 saturated heterocycles. The molecule has 3 aromatic rings. The zero-order valence-corrected chi connectivity index (χ0v) is 16.6. The topological polar surface area (TPSA) is 64.3 Å². The van der Waals surface area contributed by atoms with Crippen molar-refractivity contribution in [1.82, 2.24) is 14.9 Å². The summed E-state index contributed by atoms with van der Waals surface area (Å²) < 4.78 is 0. The summed E-state index contributed by atoms with van der Waals surface area (Å²) in [7, 11) is 0. The molecule has 1 aliphatic heterocycles. The van der Waals surface area contributed by atoms with Crippen molar-refractivity contribution in [3.63, 3.8) is 0 Å². The Labute approximate surface area is 170 Å². The van der Waals surface area contributed by atoms with Gasteiger partial charge in [0.05, 0.1) is 5.69 Å². The van der Waals surface area contributed by atoms with Gasteiger partial charge in [-0.15, -0.1) is 0 Å². The van der Waals surface area contributed by atoms with Crippen LogP contribution in [0, 0.1) is 0 Å². The van der Waals surface area contributed by atoms with Crippen LogP contribution in [0.1, 0.15) is 36.2 Å². The van der Waals surface area contributed by atoms with Crippen LogP contribution in [0.2, 0.25) is 0 Å². The highest BCUT2D eigenvalue weighted by atomic mass is 16.2. The molecule has 29 heavy (non-hydrogen) atoms. The number of hydrogen-bond donors (Lipinski definition) is 2. The van der Waals surface area contributed by atoms with E-state index in [1.165, 1.54) is 25.7 Å². The predicted octanol–water partition coefficient (Wildman–Crippen LogP) is 3.88. The first-order valence-electron chi connectivity index (χ1n) is 10.6. The minimum absolute atomic E-state index is 0.0752. The molecule has 0 radical (unpaired) electrons. The molecule has 2 aromatic heterocycles. The molecule has 1 aliphatic carbocycles. The first kappa shape index (κ1) is 18.0. The Morgan fingerprint density at radius 3 is 2.62 bits per heavy atom. The van der Waals surface area contributed by atoms with E-state index in [9.17, 15) is 4.79 Å². The van der Waals surface area contributed by atoms with Crippen molar-refractivity contribution in [2.24, 2.45) is 0 Å². The third kappa shape index (κ3) is 3.67. The molecule has 6 heteroatoms. The highest BCUT2D eigenvalue weighted by Crippen LogP contribution is 2.29. The van der Waals surface area contributed by atoms with E-state index < -0.39 is 0 Å². The van der Waals surface area contributed by atoms with Gasteiger partial charge in [0.1, 0.15) is 5.69 Å². The fourth-order valence-electron chi connectivity index (χ4n) is 4.53. The van der Waals surface area contributed by atoms with Crippen LogP contribution in [0.4, 0.5) is 11.5 Å². The lowest BCUT2D eigenvalue weighted by Gasteiger charge is -2.36. The zero-order valence-electron chi connectivity index (χ0n) is 16.6. The SMILES string of the molecule is O=C(c1cc2ccccc2[nH]1)N1CCN(c2ncccc2NC2CCCC2)CC1. The van der Waals surface area contributed by atoms with E-state index in [1.54, 1.807) is 0 Å². The average Bonchev–Trinajstić information content (AvgIpc) is 3.43. The number of anilines is 2. The molecule has 1 saturated carbocycles. The Hall–Kier alpha value is -3.02. The summed E-state index contributed by atoms with van der Waals surface area (Å²) in [6, 6.07) is 14.6. The van der Waals surface area contributed by atoms with E-state index in [0.29, 0.717) is 24.8 Å². The lowest BCUT2D eigenvalue weighted by Crippen LogP contribution is -2.49. The van der Waals surface area contributed by atoms with Crippen LogP contribution < -0.4 is 10.2 Å². The third-order valence-corrected chi connectivity index (χ3v) is 6.13. The number of aromatic nitrogens is 2. The average molecular weight is 390 g/mol. The molecule has 1 amide bonds. The number of hydrogen-bond acceptors (Lipinski definition) is 4. The normalized spacial score (nSPS) is 17.8. The minimum atomic E-state index is 0.0752. The summed E-state index contributed by atoms with van der Waals surface area (Å²) in [5.41, 5.74) is 2.79. The summed E-state index contributed by atoms with van der Waals surface area (Å²) >= 11 is 0. The van der Waals surface area contributed by atoms with Crippen LogP contribution in [0.25, 0.3) is 10.9 Å². The maximum atomic E-state index is 13.0. The lowest BCUT2D eigenvalue weighted by atomic mass is 10.2. The molecule has 0 unspecified atom stereocenters. The third-order valence-electron chi connectivity index (χ3n) is 6.13. The molecule has 6 nitrogen and oxygen atoms in total. The molecule has 3 heterocycles. The largest absolute Gasteiger partial charge is 0.379 e. The molecule has 2 N–H and O–H groups in total. The number of rotatable bonds is 4. The van der Waals surface area contributed by atoms with Gasteiger partial charge in [-0.3, -0.25) is 4.79 Å². The fourth-order valence-corrected chi connectivity index (χ4v) is 4.53. The van der Waals surface area contributed by atoms with Gasteiger partial charge in [0.2, 0.25) is 0 Å². The maximum absolute atomic E-state index is 13.0. The van der Waals surface area contributed by atoms with Crippen molar-refractivity contribution in [2.45, 2.75) is 31.7 Å². The monoisotopic (exact) mass is 389 g/mol. The molecule has 0 bridgehead atoms. The molecule has 2 aliphatic rings. The molecule has 0 spiro atoms. The highest BCUT2D eigenvalue weighted by molar-refractivity contribution is 5.98. The van der Waals surface area contributed by atoms with Gasteiger partial charge < -0.3 is 20.1 Å². The molecule has 0 atom stereocenters. The predicted molar refractivity (Wildman–Crippen MR) is 117 cm³/mol. The zero-order chi connectivity index (χ0) is 19.6.